The van der Waals surface area contributed by atoms with Crippen molar-refractivity contribution in [3.05, 3.63) is 36.3 Å². The summed E-state index contributed by atoms with van der Waals surface area (Å²) in [5.74, 6) is 1.26. The van der Waals surface area contributed by atoms with Crippen LogP contribution in [0, 0.1) is 0 Å². The Morgan fingerprint density at radius 1 is 1.17 bits per heavy atom. The van der Waals surface area contributed by atoms with Crippen molar-refractivity contribution < 1.29 is 0 Å². The molecule has 0 aliphatic rings. The van der Waals surface area contributed by atoms with E-state index in [1.807, 2.05) is 12.1 Å². The minimum atomic E-state index is 0.552. The molecule has 2 heterocycles. The Balaban J connectivity index is 1.93. The largest absolute Gasteiger partial charge is 0.365 e. The summed E-state index contributed by atoms with van der Waals surface area (Å²) >= 11 is 0. The highest BCUT2D eigenvalue weighted by atomic mass is 15.3. The van der Waals surface area contributed by atoms with Gasteiger partial charge in [0.2, 0.25) is 5.95 Å². The van der Waals surface area contributed by atoms with Gasteiger partial charge in [0.25, 0.3) is 0 Å². The van der Waals surface area contributed by atoms with E-state index in [9.17, 15) is 0 Å². The van der Waals surface area contributed by atoms with Crippen molar-refractivity contribution in [3.63, 3.8) is 0 Å². The van der Waals surface area contributed by atoms with Gasteiger partial charge in [-0.3, -0.25) is 4.98 Å². The van der Waals surface area contributed by atoms with Crippen LogP contribution in [-0.2, 0) is 6.54 Å². The van der Waals surface area contributed by atoms with Crippen LogP contribution in [0.25, 0.3) is 0 Å². The molecule has 0 fully saturated rings. The third-order valence-electron chi connectivity index (χ3n) is 2.31. The van der Waals surface area contributed by atoms with Gasteiger partial charge in [-0.2, -0.15) is 10.1 Å². The second-order valence-corrected chi connectivity index (χ2v) is 3.80. The molecule has 6 heteroatoms. The molecule has 0 aromatic carbocycles. The molecule has 0 aliphatic carbocycles. The van der Waals surface area contributed by atoms with Crippen molar-refractivity contribution in [3.8, 4) is 0 Å². The zero-order valence-electron chi connectivity index (χ0n) is 10.3. The van der Waals surface area contributed by atoms with E-state index in [-0.39, 0.29) is 0 Å². The zero-order chi connectivity index (χ0) is 12.6. The topological polar surface area (TPSA) is 75.6 Å². The number of hydrogen-bond donors (Lipinski definition) is 2. The molecular formula is C12H16N6. The molecule has 2 aromatic heterocycles. The van der Waals surface area contributed by atoms with Crippen LogP contribution in [0.3, 0.4) is 0 Å². The lowest BCUT2D eigenvalue weighted by molar-refractivity contribution is 0.907. The van der Waals surface area contributed by atoms with Crippen LogP contribution in [0.4, 0.5) is 11.8 Å². The van der Waals surface area contributed by atoms with E-state index in [1.165, 1.54) is 0 Å². The number of aromatic nitrogens is 4. The molecule has 0 spiro atoms. The first-order valence-electron chi connectivity index (χ1n) is 5.95. The summed E-state index contributed by atoms with van der Waals surface area (Å²) in [5, 5.41) is 14.1. The first kappa shape index (κ1) is 12.2. The molecule has 2 aromatic rings. The quantitative estimate of drug-likeness (QED) is 0.805. The van der Waals surface area contributed by atoms with Gasteiger partial charge in [0, 0.05) is 25.5 Å². The van der Waals surface area contributed by atoms with Crippen molar-refractivity contribution in [1.82, 2.24) is 20.2 Å². The fourth-order valence-corrected chi connectivity index (χ4v) is 1.39. The average Bonchev–Trinajstić information content (AvgIpc) is 2.44. The first-order chi connectivity index (χ1) is 8.88. The molecule has 0 unspecified atom stereocenters. The van der Waals surface area contributed by atoms with Gasteiger partial charge in [0.1, 0.15) is 0 Å². The van der Waals surface area contributed by atoms with E-state index in [4.69, 9.17) is 0 Å². The van der Waals surface area contributed by atoms with E-state index < -0.39 is 0 Å². The molecule has 0 saturated heterocycles. The van der Waals surface area contributed by atoms with Gasteiger partial charge < -0.3 is 10.6 Å². The molecule has 2 N–H and O–H groups in total. The van der Waals surface area contributed by atoms with Crippen molar-refractivity contribution in [1.29, 1.82) is 0 Å². The van der Waals surface area contributed by atoms with Crippen LogP contribution in [0.15, 0.2) is 30.7 Å². The maximum Gasteiger partial charge on any atom is 0.244 e. The summed E-state index contributed by atoms with van der Waals surface area (Å²) in [7, 11) is 0. The molecule has 0 aliphatic heterocycles. The molecule has 94 valence electrons. The number of pyridine rings is 1. The minimum absolute atomic E-state index is 0.552. The number of hydrogen-bond acceptors (Lipinski definition) is 6. The normalized spacial score (nSPS) is 10.1. The fourth-order valence-electron chi connectivity index (χ4n) is 1.39. The lowest BCUT2D eigenvalue weighted by Gasteiger charge is -2.06. The van der Waals surface area contributed by atoms with Gasteiger partial charge in [-0.1, -0.05) is 6.92 Å². The molecule has 6 nitrogen and oxygen atoms in total. The number of rotatable bonds is 6. The monoisotopic (exact) mass is 244 g/mol. The van der Waals surface area contributed by atoms with Crippen molar-refractivity contribution in [2.45, 2.75) is 19.9 Å². The van der Waals surface area contributed by atoms with Crippen molar-refractivity contribution in [2.24, 2.45) is 0 Å². The number of nitrogens with zero attached hydrogens (tertiary/aromatic N) is 4. The van der Waals surface area contributed by atoms with Gasteiger partial charge in [-0.05, 0) is 24.1 Å². The van der Waals surface area contributed by atoms with E-state index in [2.05, 4.69) is 37.7 Å². The summed E-state index contributed by atoms with van der Waals surface area (Å²) in [5.41, 5.74) is 1.15. The van der Waals surface area contributed by atoms with Crippen molar-refractivity contribution >= 4 is 11.8 Å². The smallest absolute Gasteiger partial charge is 0.244 e. The van der Waals surface area contributed by atoms with E-state index in [0.717, 1.165) is 18.5 Å². The van der Waals surface area contributed by atoms with Crippen LogP contribution >= 0.6 is 0 Å². The molecular weight excluding hydrogens is 228 g/mol. The van der Waals surface area contributed by atoms with Crippen LogP contribution in [0.5, 0.6) is 0 Å². The zero-order valence-corrected chi connectivity index (χ0v) is 10.3. The Morgan fingerprint density at radius 3 is 2.78 bits per heavy atom. The lowest BCUT2D eigenvalue weighted by Crippen LogP contribution is -2.08. The standard InChI is InChI=1S/C12H16N6/c1-2-5-14-12-17-11(9-16-18-12)15-8-10-3-6-13-7-4-10/h3-4,6-7,9H,2,5,8H2,1H3,(H2,14,15,17,18). The maximum atomic E-state index is 4.31. The van der Waals surface area contributed by atoms with Crippen LogP contribution in [0.1, 0.15) is 18.9 Å². The Bertz CT molecular complexity index is 473. The Kier molecular flexibility index (Phi) is 4.40. The average molecular weight is 244 g/mol. The first-order valence-corrected chi connectivity index (χ1v) is 5.95. The predicted molar refractivity (Wildman–Crippen MR) is 70.2 cm³/mol. The third kappa shape index (κ3) is 3.65. The van der Waals surface area contributed by atoms with E-state index in [0.29, 0.717) is 18.3 Å². The van der Waals surface area contributed by atoms with Gasteiger partial charge in [-0.15, -0.1) is 5.10 Å². The van der Waals surface area contributed by atoms with Crippen LogP contribution in [-0.4, -0.2) is 26.7 Å². The molecule has 0 radical (unpaired) electrons. The van der Waals surface area contributed by atoms with Gasteiger partial charge in [0.15, 0.2) is 5.82 Å². The van der Waals surface area contributed by atoms with E-state index in [1.54, 1.807) is 18.6 Å². The lowest BCUT2D eigenvalue weighted by atomic mass is 10.3. The summed E-state index contributed by atoms with van der Waals surface area (Å²) in [6.45, 7) is 3.62. The fraction of sp³-hybridized carbons (Fsp3) is 0.333. The highest BCUT2D eigenvalue weighted by molar-refractivity contribution is 5.37. The second-order valence-electron chi connectivity index (χ2n) is 3.80. The summed E-state index contributed by atoms with van der Waals surface area (Å²) in [6, 6.07) is 3.91. The minimum Gasteiger partial charge on any atom is -0.365 e. The van der Waals surface area contributed by atoms with Gasteiger partial charge in [-0.25, -0.2) is 0 Å². The van der Waals surface area contributed by atoms with Gasteiger partial charge >= 0.3 is 0 Å². The SMILES string of the molecule is CCCNc1nncc(NCc2ccncc2)n1. The molecule has 0 atom stereocenters. The highest BCUT2D eigenvalue weighted by Gasteiger charge is 1.99. The Labute approximate surface area is 106 Å². The highest BCUT2D eigenvalue weighted by Crippen LogP contribution is 2.06. The Morgan fingerprint density at radius 2 is 2.00 bits per heavy atom. The molecule has 0 bridgehead atoms. The molecule has 2 rings (SSSR count). The second kappa shape index (κ2) is 6.48. The maximum absolute atomic E-state index is 4.31. The third-order valence-corrected chi connectivity index (χ3v) is 2.31. The predicted octanol–water partition coefficient (Wildman–Crippen LogP) is 1.70. The van der Waals surface area contributed by atoms with Crippen LogP contribution in [0.2, 0.25) is 0 Å². The number of anilines is 2. The van der Waals surface area contributed by atoms with Gasteiger partial charge in [0.05, 0.1) is 6.20 Å². The summed E-state index contributed by atoms with van der Waals surface area (Å²) < 4.78 is 0. The van der Waals surface area contributed by atoms with Crippen LogP contribution < -0.4 is 10.6 Å². The summed E-state index contributed by atoms with van der Waals surface area (Å²) in [4.78, 5) is 8.29. The Hall–Kier alpha value is -2.24. The summed E-state index contributed by atoms with van der Waals surface area (Å²) in [6.07, 6.45) is 6.17. The molecule has 0 amide bonds. The van der Waals surface area contributed by atoms with Crippen molar-refractivity contribution in [2.75, 3.05) is 17.2 Å². The van der Waals surface area contributed by atoms with E-state index >= 15 is 0 Å². The molecule has 0 saturated carbocycles. The number of nitrogens with one attached hydrogen (secondary N) is 2. The molecule has 18 heavy (non-hydrogen) atoms.